The van der Waals surface area contributed by atoms with Gasteiger partial charge in [-0.2, -0.15) is 0 Å². The van der Waals surface area contributed by atoms with E-state index in [1.54, 1.807) is 0 Å². The molecule has 0 radical (unpaired) electrons. The molecule has 0 aliphatic heterocycles. The Kier molecular flexibility index (Phi) is 8.92. The molecule has 0 amide bonds. The van der Waals surface area contributed by atoms with Crippen LogP contribution in [0.25, 0.3) is 0 Å². The molecule has 25 heavy (non-hydrogen) atoms. The highest BCUT2D eigenvalue weighted by molar-refractivity contribution is 5.83. The van der Waals surface area contributed by atoms with Gasteiger partial charge in [-0.3, -0.25) is 4.79 Å². The molecule has 0 heterocycles. The Morgan fingerprint density at radius 3 is 2.52 bits per heavy atom. The molecule has 4 atom stereocenters. The zero-order valence-electron chi connectivity index (χ0n) is 16.9. The van der Waals surface area contributed by atoms with Crippen molar-refractivity contribution in [3.05, 3.63) is 0 Å². The maximum Gasteiger partial charge on any atom is 0.155 e. The van der Waals surface area contributed by atoms with E-state index in [9.17, 15) is 4.79 Å². The van der Waals surface area contributed by atoms with Crippen molar-refractivity contribution in [3.63, 3.8) is 0 Å². The Balaban J connectivity index is 2.13. The van der Waals surface area contributed by atoms with Crippen molar-refractivity contribution < 1.29 is 14.3 Å². The zero-order valence-corrected chi connectivity index (χ0v) is 16.9. The summed E-state index contributed by atoms with van der Waals surface area (Å²) in [4.78, 5) is 12.9. The van der Waals surface area contributed by atoms with Gasteiger partial charge in [0, 0.05) is 18.9 Å². The van der Waals surface area contributed by atoms with Crippen molar-refractivity contribution >= 4 is 5.78 Å². The molecule has 0 N–H and O–H groups in total. The minimum absolute atomic E-state index is 0.0824. The van der Waals surface area contributed by atoms with Gasteiger partial charge in [-0.05, 0) is 38.5 Å². The third-order valence-corrected chi connectivity index (χ3v) is 6.11. The van der Waals surface area contributed by atoms with Gasteiger partial charge in [0.05, 0.1) is 5.60 Å². The van der Waals surface area contributed by atoms with E-state index >= 15 is 0 Å². The van der Waals surface area contributed by atoms with Crippen LogP contribution in [0.4, 0.5) is 0 Å². The number of rotatable bonds is 6. The minimum atomic E-state index is -0.287. The number of carbonyl (C=O) groups is 1. The molecule has 4 unspecified atom stereocenters. The summed E-state index contributed by atoms with van der Waals surface area (Å²) in [6.45, 7) is 7.17. The number of ketones is 1. The van der Waals surface area contributed by atoms with Crippen LogP contribution in [0.5, 0.6) is 0 Å². The van der Waals surface area contributed by atoms with Crippen LogP contribution in [0.15, 0.2) is 0 Å². The quantitative estimate of drug-likeness (QED) is 0.431. The predicted molar refractivity (Wildman–Crippen MR) is 103 cm³/mol. The van der Waals surface area contributed by atoms with E-state index in [4.69, 9.17) is 9.47 Å². The van der Waals surface area contributed by atoms with Crippen molar-refractivity contribution in [2.24, 2.45) is 11.8 Å². The van der Waals surface area contributed by atoms with Crippen LogP contribution in [0.2, 0.25) is 0 Å². The lowest BCUT2D eigenvalue weighted by Crippen LogP contribution is -2.52. The SMILES string of the molecule is CCCCOC(C)OC12CCCCCCCCCC1C(=O)CC(C)C2. The van der Waals surface area contributed by atoms with Gasteiger partial charge in [-0.25, -0.2) is 0 Å². The summed E-state index contributed by atoms with van der Waals surface area (Å²) in [5, 5.41) is 0. The van der Waals surface area contributed by atoms with Crippen LogP contribution in [0.1, 0.15) is 104 Å². The summed E-state index contributed by atoms with van der Waals surface area (Å²) in [6.07, 6.45) is 14.7. The van der Waals surface area contributed by atoms with Crippen LogP contribution < -0.4 is 0 Å². The molecule has 0 bridgehead atoms. The first kappa shape index (κ1) is 20.9. The van der Waals surface area contributed by atoms with Gasteiger partial charge in [0.15, 0.2) is 6.29 Å². The predicted octanol–water partition coefficient (Wildman–Crippen LogP) is 6.04. The van der Waals surface area contributed by atoms with E-state index < -0.39 is 0 Å². The molecule has 0 aromatic heterocycles. The summed E-state index contributed by atoms with van der Waals surface area (Å²) in [7, 11) is 0. The molecule has 2 fully saturated rings. The number of carbonyl (C=O) groups excluding carboxylic acids is 1. The Hall–Kier alpha value is -0.410. The average Bonchev–Trinajstić information content (AvgIpc) is 2.59. The lowest BCUT2D eigenvalue weighted by molar-refractivity contribution is -0.233. The summed E-state index contributed by atoms with van der Waals surface area (Å²) in [6, 6.07) is 0. The summed E-state index contributed by atoms with van der Waals surface area (Å²) in [5.74, 6) is 0.953. The molecule has 3 heteroatoms. The first-order valence-electron chi connectivity index (χ1n) is 10.9. The van der Waals surface area contributed by atoms with Crippen LogP contribution in [-0.2, 0) is 14.3 Å². The van der Waals surface area contributed by atoms with Crippen molar-refractivity contribution in [1.29, 1.82) is 0 Å². The normalized spacial score (nSPS) is 33.3. The first-order valence-corrected chi connectivity index (χ1v) is 10.9. The molecule has 146 valence electrons. The Morgan fingerprint density at radius 1 is 1.12 bits per heavy atom. The van der Waals surface area contributed by atoms with Gasteiger partial charge in [0.25, 0.3) is 0 Å². The lowest BCUT2D eigenvalue weighted by atomic mass is 9.66. The van der Waals surface area contributed by atoms with Crippen LogP contribution in [0, 0.1) is 11.8 Å². The van der Waals surface area contributed by atoms with Gasteiger partial charge in [-0.15, -0.1) is 0 Å². The summed E-state index contributed by atoms with van der Waals surface area (Å²) in [5.41, 5.74) is -0.287. The van der Waals surface area contributed by atoms with E-state index in [0.717, 1.165) is 45.1 Å². The molecule has 2 rings (SSSR count). The van der Waals surface area contributed by atoms with Gasteiger partial charge >= 0.3 is 0 Å². The zero-order chi connectivity index (χ0) is 18.1. The fourth-order valence-electron chi connectivity index (χ4n) is 4.89. The van der Waals surface area contributed by atoms with Gasteiger partial charge in [0.2, 0.25) is 0 Å². The van der Waals surface area contributed by atoms with E-state index in [1.165, 1.54) is 44.9 Å². The van der Waals surface area contributed by atoms with Crippen molar-refractivity contribution in [2.75, 3.05) is 6.61 Å². The smallest absolute Gasteiger partial charge is 0.155 e. The number of Topliss-reactive ketones (excluding diaryl/α,β-unsaturated/α-hetero) is 1. The maximum absolute atomic E-state index is 12.9. The van der Waals surface area contributed by atoms with E-state index in [0.29, 0.717) is 11.7 Å². The highest BCUT2D eigenvalue weighted by Crippen LogP contribution is 2.45. The second-order valence-corrected chi connectivity index (χ2v) is 8.52. The second kappa shape index (κ2) is 10.7. The second-order valence-electron chi connectivity index (χ2n) is 8.52. The van der Waals surface area contributed by atoms with E-state index in [-0.39, 0.29) is 17.8 Å². The number of unbranched alkanes of at least 4 members (excludes halogenated alkanes) is 1. The molecule has 0 aromatic rings. The molecular weight excluding hydrogens is 312 g/mol. The molecule has 2 aliphatic carbocycles. The molecular formula is C22H40O3. The number of hydrogen-bond donors (Lipinski definition) is 0. The summed E-state index contributed by atoms with van der Waals surface area (Å²) < 4.78 is 12.5. The molecule has 0 aromatic carbocycles. The number of hydrogen-bond acceptors (Lipinski definition) is 3. The summed E-state index contributed by atoms with van der Waals surface area (Å²) >= 11 is 0. The maximum atomic E-state index is 12.9. The fourth-order valence-corrected chi connectivity index (χ4v) is 4.89. The standard InChI is InChI=1S/C22H40O3/c1-4-5-15-24-19(3)25-22-14-12-10-8-6-7-9-11-13-20(22)21(23)16-18(2)17-22/h18-20H,4-17H2,1-3H3. The highest BCUT2D eigenvalue weighted by Gasteiger charge is 2.48. The largest absolute Gasteiger partial charge is 0.353 e. The molecule has 2 aliphatic rings. The molecule has 0 saturated heterocycles. The monoisotopic (exact) mass is 352 g/mol. The Morgan fingerprint density at radius 2 is 1.80 bits per heavy atom. The number of fused-ring (bicyclic) bond motifs is 1. The minimum Gasteiger partial charge on any atom is -0.353 e. The lowest BCUT2D eigenvalue weighted by Gasteiger charge is -2.47. The van der Waals surface area contributed by atoms with Gasteiger partial charge in [0.1, 0.15) is 5.78 Å². The Bertz CT molecular complexity index is 395. The van der Waals surface area contributed by atoms with Crippen LogP contribution in [-0.4, -0.2) is 24.3 Å². The van der Waals surface area contributed by atoms with Gasteiger partial charge < -0.3 is 9.47 Å². The first-order chi connectivity index (χ1) is 12.1. The third kappa shape index (κ3) is 6.36. The number of ether oxygens (including phenoxy) is 2. The highest BCUT2D eigenvalue weighted by atomic mass is 16.7. The van der Waals surface area contributed by atoms with Crippen LogP contribution in [0.3, 0.4) is 0 Å². The van der Waals surface area contributed by atoms with E-state index in [2.05, 4.69) is 13.8 Å². The van der Waals surface area contributed by atoms with Crippen molar-refractivity contribution in [2.45, 2.75) is 116 Å². The fraction of sp³-hybridized carbons (Fsp3) is 0.955. The van der Waals surface area contributed by atoms with Crippen LogP contribution >= 0.6 is 0 Å². The Labute approximate surface area is 155 Å². The molecule has 0 spiro atoms. The average molecular weight is 353 g/mol. The molecule has 3 nitrogen and oxygen atoms in total. The third-order valence-electron chi connectivity index (χ3n) is 6.11. The van der Waals surface area contributed by atoms with E-state index in [1.807, 2.05) is 6.92 Å². The molecule has 2 saturated carbocycles. The van der Waals surface area contributed by atoms with Crippen molar-refractivity contribution in [1.82, 2.24) is 0 Å². The topological polar surface area (TPSA) is 35.5 Å². The van der Waals surface area contributed by atoms with Gasteiger partial charge in [-0.1, -0.05) is 65.2 Å². The van der Waals surface area contributed by atoms with Crippen molar-refractivity contribution in [3.8, 4) is 0 Å².